The third kappa shape index (κ3) is 8.64. The predicted molar refractivity (Wildman–Crippen MR) is 156 cm³/mol. The Balaban J connectivity index is 2.30. The number of nitrogens with one attached hydrogen (secondary N) is 2. The van der Waals surface area contributed by atoms with Gasteiger partial charge in [0.15, 0.2) is 5.75 Å². The Labute approximate surface area is 230 Å². The number of halogens is 1. The molecule has 6 nitrogen and oxygen atoms in total. The van der Waals surface area contributed by atoms with Gasteiger partial charge in [-0.25, -0.2) is 0 Å². The lowest BCUT2D eigenvalue weighted by atomic mass is 9.88. The smallest absolute Gasteiger partial charge is 0.316 e. The first-order valence-corrected chi connectivity index (χ1v) is 14.7. The molecule has 0 radical (unpaired) electrons. The van der Waals surface area contributed by atoms with Crippen LogP contribution in [0.25, 0.3) is 0 Å². The zero-order valence-electron chi connectivity index (χ0n) is 23.4. The summed E-state index contributed by atoms with van der Waals surface area (Å²) < 4.78 is 21.9. The van der Waals surface area contributed by atoms with Crippen LogP contribution in [0, 0.1) is 5.92 Å². The lowest BCUT2D eigenvalue weighted by Crippen LogP contribution is -2.17. The van der Waals surface area contributed by atoms with Crippen LogP contribution in [0.5, 0.6) is 11.5 Å². The van der Waals surface area contributed by atoms with Crippen molar-refractivity contribution in [3.05, 3.63) is 46.0 Å². The molecule has 2 rings (SSSR count). The minimum absolute atomic E-state index is 0.0323. The Morgan fingerprint density at radius 1 is 1.00 bits per heavy atom. The SMILES string of the molecule is CCCC(CC)CC(=O)Nc1cc(NS(=O)Oc2c(C(C)C)cc(C(C)C)cc2C(C)C)cc(Cl)c1O. The van der Waals surface area contributed by atoms with Gasteiger partial charge in [0.2, 0.25) is 5.91 Å². The average Bonchev–Trinajstić information content (AvgIpc) is 2.81. The van der Waals surface area contributed by atoms with Crippen molar-refractivity contribution in [3.63, 3.8) is 0 Å². The molecule has 2 unspecified atom stereocenters. The van der Waals surface area contributed by atoms with E-state index in [4.69, 9.17) is 15.8 Å². The molecule has 0 bridgehead atoms. The van der Waals surface area contributed by atoms with Crippen LogP contribution in [-0.4, -0.2) is 15.2 Å². The molecule has 0 spiro atoms. The molecule has 37 heavy (non-hydrogen) atoms. The number of phenolic OH excluding ortho intramolecular Hbond substituents is 1. The van der Waals surface area contributed by atoms with E-state index < -0.39 is 11.3 Å². The fourth-order valence-electron chi connectivity index (χ4n) is 4.25. The van der Waals surface area contributed by atoms with Crippen LogP contribution in [-0.2, 0) is 16.1 Å². The molecule has 3 N–H and O–H groups in total. The van der Waals surface area contributed by atoms with Crippen LogP contribution in [0.4, 0.5) is 11.4 Å². The van der Waals surface area contributed by atoms with Gasteiger partial charge in [0.05, 0.1) is 16.4 Å². The number of hydrogen-bond donors (Lipinski definition) is 3. The molecular weight excluding hydrogens is 508 g/mol. The maximum Gasteiger partial charge on any atom is 0.316 e. The Bertz CT molecular complexity index is 1070. The monoisotopic (exact) mass is 550 g/mol. The summed E-state index contributed by atoms with van der Waals surface area (Å²) in [5.41, 5.74) is 3.73. The quantitative estimate of drug-likeness (QED) is 0.172. The average molecular weight is 551 g/mol. The Morgan fingerprint density at radius 3 is 2.08 bits per heavy atom. The van der Waals surface area contributed by atoms with Crippen LogP contribution in [0.1, 0.15) is 116 Å². The molecule has 2 atom stereocenters. The second-order valence-corrected chi connectivity index (χ2v) is 11.8. The van der Waals surface area contributed by atoms with Gasteiger partial charge < -0.3 is 14.6 Å². The van der Waals surface area contributed by atoms with E-state index in [0.717, 1.165) is 30.4 Å². The molecule has 0 saturated heterocycles. The highest BCUT2D eigenvalue weighted by atomic mass is 35.5. The summed E-state index contributed by atoms with van der Waals surface area (Å²) in [6.07, 6.45) is 3.23. The molecule has 0 aliphatic rings. The summed E-state index contributed by atoms with van der Waals surface area (Å²) in [5.74, 6) is 1.16. The van der Waals surface area contributed by atoms with E-state index in [9.17, 15) is 14.1 Å². The van der Waals surface area contributed by atoms with Crippen molar-refractivity contribution in [1.29, 1.82) is 0 Å². The van der Waals surface area contributed by atoms with Crippen LogP contribution in [0.15, 0.2) is 24.3 Å². The third-order valence-corrected chi connectivity index (χ3v) is 7.53. The zero-order chi connectivity index (χ0) is 27.9. The van der Waals surface area contributed by atoms with Crippen molar-refractivity contribution in [2.24, 2.45) is 5.92 Å². The van der Waals surface area contributed by atoms with Crippen molar-refractivity contribution in [2.75, 3.05) is 10.0 Å². The number of phenols is 1. The van der Waals surface area contributed by atoms with Crippen LogP contribution >= 0.6 is 11.6 Å². The van der Waals surface area contributed by atoms with Crippen LogP contribution in [0.2, 0.25) is 5.02 Å². The minimum atomic E-state index is -1.94. The van der Waals surface area contributed by atoms with E-state index in [1.165, 1.54) is 17.7 Å². The number of benzene rings is 2. The van der Waals surface area contributed by atoms with Gasteiger partial charge in [0.25, 0.3) is 0 Å². The number of aromatic hydroxyl groups is 1. The summed E-state index contributed by atoms with van der Waals surface area (Å²) >= 11 is 4.28. The number of anilines is 2. The van der Waals surface area contributed by atoms with E-state index in [1.54, 1.807) is 0 Å². The molecule has 206 valence electrons. The van der Waals surface area contributed by atoms with Gasteiger partial charge in [-0.15, -0.1) is 0 Å². The molecule has 0 aliphatic heterocycles. The van der Waals surface area contributed by atoms with E-state index in [1.807, 2.05) is 0 Å². The van der Waals surface area contributed by atoms with E-state index in [0.29, 0.717) is 23.8 Å². The molecule has 0 heterocycles. The fourth-order valence-corrected chi connectivity index (χ4v) is 5.17. The van der Waals surface area contributed by atoms with Gasteiger partial charge in [-0.05, 0) is 52.5 Å². The molecule has 0 aliphatic carbocycles. The molecular formula is C29H43ClN2O4S. The third-order valence-electron chi connectivity index (χ3n) is 6.53. The van der Waals surface area contributed by atoms with Crippen molar-refractivity contribution in [2.45, 2.75) is 98.8 Å². The highest BCUT2D eigenvalue weighted by Gasteiger charge is 2.21. The summed E-state index contributed by atoms with van der Waals surface area (Å²) in [5, 5.41) is 13.2. The molecule has 0 fully saturated rings. The van der Waals surface area contributed by atoms with Crippen LogP contribution in [0.3, 0.4) is 0 Å². The molecule has 0 saturated carbocycles. The molecule has 2 aromatic rings. The first-order chi connectivity index (χ1) is 17.4. The fraction of sp³-hybridized carbons (Fsp3) is 0.552. The standard InChI is InChI=1S/C29H43ClN2O4S/c1-9-11-20(10-2)12-27(33)31-26-16-22(15-25(30)28(26)34)32-37(35)36-29-23(18(5)6)13-21(17(3)4)14-24(29)19(7)8/h13-20,32,34H,9-12H2,1-8H3,(H,31,33). The van der Waals surface area contributed by atoms with Gasteiger partial charge in [0.1, 0.15) is 5.75 Å². The number of amides is 1. The number of hydrogen-bond acceptors (Lipinski definition) is 4. The van der Waals surface area contributed by atoms with Gasteiger partial charge in [0, 0.05) is 6.42 Å². The second-order valence-electron chi connectivity index (χ2n) is 10.6. The second kappa shape index (κ2) is 14.1. The lowest BCUT2D eigenvalue weighted by Gasteiger charge is -2.22. The van der Waals surface area contributed by atoms with Gasteiger partial charge in [-0.3, -0.25) is 9.52 Å². The van der Waals surface area contributed by atoms with Crippen molar-refractivity contribution in [1.82, 2.24) is 0 Å². The summed E-state index contributed by atoms with van der Waals surface area (Å²) in [4.78, 5) is 12.6. The summed E-state index contributed by atoms with van der Waals surface area (Å²) in [7, 11) is 0. The van der Waals surface area contributed by atoms with E-state index in [-0.39, 0.29) is 40.1 Å². The lowest BCUT2D eigenvalue weighted by molar-refractivity contribution is -0.117. The van der Waals surface area contributed by atoms with Crippen molar-refractivity contribution in [3.8, 4) is 11.5 Å². The Kier molecular flexibility index (Phi) is 11.8. The Hall–Kier alpha value is -2.25. The Morgan fingerprint density at radius 2 is 1.59 bits per heavy atom. The number of carbonyl (C=O) groups excluding carboxylic acids is 1. The van der Waals surface area contributed by atoms with Gasteiger partial charge in [-0.2, -0.15) is 4.21 Å². The highest BCUT2D eigenvalue weighted by Crippen LogP contribution is 2.39. The number of rotatable bonds is 13. The minimum Gasteiger partial charge on any atom is -0.504 e. The maximum atomic E-state index is 13.1. The summed E-state index contributed by atoms with van der Waals surface area (Å²) in [6, 6.07) is 7.21. The van der Waals surface area contributed by atoms with Gasteiger partial charge in [-0.1, -0.05) is 98.4 Å². The first kappa shape index (κ1) is 31.0. The zero-order valence-corrected chi connectivity index (χ0v) is 25.0. The van der Waals surface area contributed by atoms with Crippen molar-refractivity contribution >= 4 is 40.1 Å². The van der Waals surface area contributed by atoms with E-state index >= 15 is 0 Å². The van der Waals surface area contributed by atoms with Crippen molar-refractivity contribution < 1.29 is 18.3 Å². The number of carbonyl (C=O) groups is 1. The summed E-state index contributed by atoms with van der Waals surface area (Å²) in [6.45, 7) is 16.8. The molecule has 8 heteroatoms. The molecule has 1 amide bonds. The van der Waals surface area contributed by atoms with Gasteiger partial charge >= 0.3 is 11.3 Å². The molecule has 2 aromatic carbocycles. The largest absolute Gasteiger partial charge is 0.504 e. The normalized spacial score (nSPS) is 13.2. The molecule has 0 aromatic heterocycles. The van der Waals surface area contributed by atoms with E-state index in [2.05, 4.69) is 77.6 Å². The predicted octanol–water partition coefficient (Wildman–Crippen LogP) is 8.64. The van der Waals surface area contributed by atoms with Crippen LogP contribution < -0.4 is 14.2 Å². The maximum absolute atomic E-state index is 13.1. The topological polar surface area (TPSA) is 87.7 Å². The highest BCUT2D eigenvalue weighted by molar-refractivity contribution is 7.82. The first-order valence-electron chi connectivity index (χ1n) is 13.2.